The first-order valence-corrected chi connectivity index (χ1v) is 9.97. The molecule has 0 saturated carbocycles. The maximum Gasteiger partial charge on any atom is 0.433 e. The lowest BCUT2D eigenvalue weighted by atomic mass is 9.93. The van der Waals surface area contributed by atoms with E-state index < -0.39 is 24.1 Å². The predicted molar refractivity (Wildman–Crippen MR) is 100 cm³/mol. The van der Waals surface area contributed by atoms with Crippen LogP contribution in [0.3, 0.4) is 0 Å². The summed E-state index contributed by atoms with van der Waals surface area (Å²) in [7, 11) is 0. The predicted octanol–water partition coefficient (Wildman–Crippen LogP) is 2.69. The molecule has 0 aromatic carbocycles. The van der Waals surface area contributed by atoms with Crippen LogP contribution in [0, 0.1) is 11.8 Å². The minimum Gasteiger partial charge on any atom is -0.393 e. The molecular weight excluding hydrogens is 373 g/mol. The van der Waals surface area contributed by atoms with Gasteiger partial charge in [0.1, 0.15) is 5.82 Å². The Bertz CT molecular complexity index is 623. The standard InChI is InChI=1S/C19H29F3N4O2/c1-12(27)14-5-3-7-25(10-14)17-9-16(19(20,21)22)23-18(24-17)26-8-4-6-15(11-26)13(2)28/h9,12-15,27-28H,3-8,10-11H2,1-2H3. The molecule has 9 heteroatoms. The molecule has 158 valence electrons. The average Bonchev–Trinajstić information content (AvgIpc) is 2.67. The zero-order valence-corrected chi connectivity index (χ0v) is 16.4. The second-order valence-electron chi connectivity index (χ2n) is 8.09. The Morgan fingerprint density at radius 3 is 2.04 bits per heavy atom. The average molecular weight is 402 g/mol. The minimum atomic E-state index is -4.56. The molecule has 0 amide bonds. The summed E-state index contributed by atoms with van der Waals surface area (Å²) in [6.07, 6.45) is -2.35. The number of aliphatic hydroxyl groups is 2. The molecule has 0 bridgehead atoms. The topological polar surface area (TPSA) is 72.7 Å². The number of halogens is 3. The number of alkyl halides is 3. The van der Waals surface area contributed by atoms with Crippen LogP contribution in [-0.4, -0.2) is 58.6 Å². The molecule has 2 fully saturated rings. The summed E-state index contributed by atoms with van der Waals surface area (Å²) in [5.41, 5.74) is -0.953. The molecule has 6 nitrogen and oxygen atoms in total. The molecular formula is C19H29F3N4O2. The molecule has 3 rings (SSSR count). The van der Waals surface area contributed by atoms with Gasteiger partial charge in [-0.1, -0.05) is 0 Å². The molecule has 1 aromatic heterocycles. The second-order valence-corrected chi connectivity index (χ2v) is 8.09. The first kappa shape index (κ1) is 21.1. The minimum absolute atomic E-state index is 0.00931. The van der Waals surface area contributed by atoms with E-state index in [2.05, 4.69) is 9.97 Å². The van der Waals surface area contributed by atoms with Gasteiger partial charge in [-0.2, -0.15) is 18.2 Å². The van der Waals surface area contributed by atoms with Gasteiger partial charge in [-0.15, -0.1) is 0 Å². The maximum absolute atomic E-state index is 13.5. The smallest absolute Gasteiger partial charge is 0.393 e. The number of aromatic nitrogens is 2. The first-order chi connectivity index (χ1) is 13.1. The van der Waals surface area contributed by atoms with Gasteiger partial charge in [-0.3, -0.25) is 0 Å². The van der Waals surface area contributed by atoms with Crippen LogP contribution in [0.2, 0.25) is 0 Å². The molecule has 2 N–H and O–H groups in total. The zero-order valence-electron chi connectivity index (χ0n) is 16.4. The quantitative estimate of drug-likeness (QED) is 0.807. The van der Waals surface area contributed by atoms with Crippen molar-refractivity contribution >= 4 is 11.8 Å². The van der Waals surface area contributed by atoms with Gasteiger partial charge in [0.05, 0.1) is 12.2 Å². The highest BCUT2D eigenvalue weighted by Crippen LogP contribution is 2.34. The van der Waals surface area contributed by atoms with E-state index in [4.69, 9.17) is 0 Å². The Hall–Kier alpha value is -1.61. The highest BCUT2D eigenvalue weighted by atomic mass is 19.4. The van der Waals surface area contributed by atoms with Gasteiger partial charge in [0.15, 0.2) is 5.69 Å². The van der Waals surface area contributed by atoms with E-state index in [1.54, 1.807) is 18.7 Å². The largest absolute Gasteiger partial charge is 0.433 e. The van der Waals surface area contributed by atoms with Crippen molar-refractivity contribution in [2.24, 2.45) is 11.8 Å². The van der Waals surface area contributed by atoms with Gasteiger partial charge >= 0.3 is 6.18 Å². The fourth-order valence-corrected chi connectivity index (χ4v) is 4.07. The van der Waals surface area contributed by atoms with Crippen LogP contribution in [0.5, 0.6) is 0 Å². The van der Waals surface area contributed by atoms with E-state index in [0.717, 1.165) is 31.7 Å². The van der Waals surface area contributed by atoms with Gasteiger partial charge in [0, 0.05) is 44.1 Å². The van der Waals surface area contributed by atoms with Crippen molar-refractivity contribution < 1.29 is 23.4 Å². The molecule has 2 aliphatic heterocycles. The van der Waals surface area contributed by atoms with Crippen molar-refractivity contribution in [1.29, 1.82) is 0 Å². The van der Waals surface area contributed by atoms with Crippen LogP contribution in [0.25, 0.3) is 0 Å². The summed E-state index contributed by atoms with van der Waals surface area (Å²) in [6, 6.07) is 1.00. The van der Waals surface area contributed by atoms with Crippen molar-refractivity contribution in [2.75, 3.05) is 36.0 Å². The van der Waals surface area contributed by atoms with E-state index in [0.29, 0.717) is 26.2 Å². The Balaban J connectivity index is 1.91. The van der Waals surface area contributed by atoms with Crippen LogP contribution < -0.4 is 9.80 Å². The first-order valence-electron chi connectivity index (χ1n) is 9.97. The molecule has 0 radical (unpaired) electrons. The van der Waals surface area contributed by atoms with E-state index >= 15 is 0 Å². The maximum atomic E-state index is 13.5. The van der Waals surface area contributed by atoms with Crippen molar-refractivity contribution in [3.8, 4) is 0 Å². The highest BCUT2D eigenvalue weighted by molar-refractivity contribution is 5.47. The lowest BCUT2D eigenvalue weighted by molar-refractivity contribution is -0.141. The monoisotopic (exact) mass is 402 g/mol. The normalized spacial score (nSPS) is 26.2. The molecule has 4 unspecified atom stereocenters. The van der Waals surface area contributed by atoms with Crippen molar-refractivity contribution in [1.82, 2.24) is 9.97 Å². The number of rotatable bonds is 4. The fraction of sp³-hybridized carbons (Fsp3) is 0.789. The third kappa shape index (κ3) is 4.86. The number of hydrogen-bond acceptors (Lipinski definition) is 6. The second kappa shape index (κ2) is 8.41. The van der Waals surface area contributed by atoms with E-state index in [9.17, 15) is 23.4 Å². The van der Waals surface area contributed by atoms with Gasteiger partial charge in [-0.05, 0) is 39.5 Å². The number of hydrogen-bond donors (Lipinski definition) is 2. The molecule has 0 spiro atoms. The number of anilines is 2. The zero-order chi connectivity index (χ0) is 20.5. The molecule has 1 aromatic rings. The number of nitrogens with zero attached hydrogens (tertiary/aromatic N) is 4. The molecule has 28 heavy (non-hydrogen) atoms. The molecule has 0 aliphatic carbocycles. The SMILES string of the molecule is CC(O)C1CCCN(c2cc(C(F)(F)F)nc(N3CCCC(C(C)O)C3)n2)C1. The third-order valence-corrected chi connectivity index (χ3v) is 5.88. The number of piperidine rings is 2. The molecule has 2 saturated heterocycles. The summed E-state index contributed by atoms with van der Waals surface area (Å²) >= 11 is 0. The fourth-order valence-electron chi connectivity index (χ4n) is 4.07. The summed E-state index contributed by atoms with van der Waals surface area (Å²) in [5, 5.41) is 19.8. The van der Waals surface area contributed by atoms with E-state index in [-0.39, 0.29) is 23.6 Å². The lowest BCUT2D eigenvalue weighted by Crippen LogP contribution is -2.42. The van der Waals surface area contributed by atoms with Crippen LogP contribution >= 0.6 is 0 Å². The summed E-state index contributed by atoms with van der Waals surface area (Å²) in [6.45, 7) is 5.51. The van der Waals surface area contributed by atoms with Gasteiger partial charge < -0.3 is 20.0 Å². The Kier molecular flexibility index (Phi) is 6.34. The van der Waals surface area contributed by atoms with E-state index in [1.807, 2.05) is 4.90 Å². The van der Waals surface area contributed by atoms with Crippen molar-refractivity contribution in [3.05, 3.63) is 11.8 Å². The molecule has 3 heterocycles. The molecule has 4 atom stereocenters. The van der Waals surface area contributed by atoms with Gasteiger partial charge in [0.25, 0.3) is 0 Å². The summed E-state index contributed by atoms with van der Waals surface area (Å²) in [5.74, 6) is 0.317. The van der Waals surface area contributed by atoms with E-state index in [1.165, 1.54) is 0 Å². The van der Waals surface area contributed by atoms with Crippen molar-refractivity contribution in [2.45, 2.75) is 57.9 Å². The Morgan fingerprint density at radius 2 is 1.50 bits per heavy atom. The lowest BCUT2D eigenvalue weighted by Gasteiger charge is -2.37. The Morgan fingerprint density at radius 1 is 0.964 bits per heavy atom. The Labute approximate surface area is 163 Å². The molecule has 2 aliphatic rings. The third-order valence-electron chi connectivity index (χ3n) is 5.88. The number of aliphatic hydroxyl groups excluding tert-OH is 2. The van der Waals surface area contributed by atoms with Gasteiger partial charge in [-0.25, -0.2) is 4.98 Å². The van der Waals surface area contributed by atoms with Crippen LogP contribution in [-0.2, 0) is 6.18 Å². The highest BCUT2D eigenvalue weighted by Gasteiger charge is 2.36. The van der Waals surface area contributed by atoms with Gasteiger partial charge in [0.2, 0.25) is 5.95 Å². The summed E-state index contributed by atoms with van der Waals surface area (Å²) in [4.78, 5) is 11.8. The van der Waals surface area contributed by atoms with Crippen molar-refractivity contribution in [3.63, 3.8) is 0 Å². The summed E-state index contributed by atoms with van der Waals surface area (Å²) < 4.78 is 40.5. The van der Waals surface area contributed by atoms with Crippen LogP contribution in [0.4, 0.5) is 24.9 Å². The van der Waals surface area contributed by atoms with Crippen LogP contribution in [0.1, 0.15) is 45.2 Å². The van der Waals surface area contributed by atoms with Crippen LogP contribution in [0.15, 0.2) is 6.07 Å².